The first-order chi connectivity index (χ1) is 11.3. The second-order valence-electron chi connectivity index (χ2n) is 5.75. The number of hydrogen-bond donors (Lipinski definition) is 2. The zero-order chi connectivity index (χ0) is 17.7. The van der Waals surface area contributed by atoms with Crippen LogP contribution in [0.3, 0.4) is 0 Å². The van der Waals surface area contributed by atoms with Crippen LogP contribution in [0.5, 0.6) is 0 Å². The number of benzene rings is 2. The molecule has 2 aromatic carbocycles. The van der Waals surface area contributed by atoms with Crippen molar-refractivity contribution >= 4 is 17.3 Å². The van der Waals surface area contributed by atoms with Gasteiger partial charge in [0.15, 0.2) is 0 Å². The standard InChI is InChI=1S/C18H19F3N2O/c1-12(2)13-3-7-15(8-4-13)22-11-17(24)23-16-9-5-14(6-10-16)18(19,20)21/h3-10,12,22H,11H2,1-2H3,(H,23,24). The van der Waals surface area contributed by atoms with Crippen molar-refractivity contribution in [2.75, 3.05) is 17.2 Å². The van der Waals surface area contributed by atoms with Crippen LogP contribution in [-0.4, -0.2) is 12.5 Å². The van der Waals surface area contributed by atoms with Crippen LogP contribution in [0.4, 0.5) is 24.5 Å². The molecule has 0 saturated carbocycles. The monoisotopic (exact) mass is 336 g/mol. The van der Waals surface area contributed by atoms with Gasteiger partial charge in [-0.2, -0.15) is 13.2 Å². The predicted molar refractivity (Wildman–Crippen MR) is 89.1 cm³/mol. The highest BCUT2D eigenvalue weighted by molar-refractivity contribution is 5.93. The van der Waals surface area contributed by atoms with Crippen LogP contribution in [0, 0.1) is 0 Å². The quantitative estimate of drug-likeness (QED) is 0.817. The van der Waals surface area contributed by atoms with Crippen LogP contribution < -0.4 is 10.6 Å². The molecular formula is C18H19F3N2O. The molecule has 0 radical (unpaired) electrons. The van der Waals surface area contributed by atoms with Crippen molar-refractivity contribution in [1.82, 2.24) is 0 Å². The molecule has 128 valence electrons. The number of alkyl halides is 3. The zero-order valence-corrected chi connectivity index (χ0v) is 13.4. The van der Waals surface area contributed by atoms with Gasteiger partial charge in [0.1, 0.15) is 0 Å². The molecule has 0 fully saturated rings. The van der Waals surface area contributed by atoms with E-state index in [1.165, 1.54) is 17.7 Å². The second-order valence-corrected chi connectivity index (χ2v) is 5.75. The maximum Gasteiger partial charge on any atom is 0.416 e. The number of carbonyl (C=O) groups is 1. The van der Waals surface area contributed by atoms with Gasteiger partial charge in [-0.05, 0) is 47.9 Å². The van der Waals surface area contributed by atoms with E-state index in [9.17, 15) is 18.0 Å². The molecule has 3 nitrogen and oxygen atoms in total. The van der Waals surface area contributed by atoms with Gasteiger partial charge in [0.2, 0.25) is 5.91 Å². The van der Waals surface area contributed by atoms with E-state index in [1.54, 1.807) is 0 Å². The predicted octanol–water partition coefficient (Wildman–Crippen LogP) is 4.88. The molecule has 0 aromatic heterocycles. The van der Waals surface area contributed by atoms with Crippen molar-refractivity contribution in [1.29, 1.82) is 0 Å². The van der Waals surface area contributed by atoms with E-state index in [0.29, 0.717) is 11.6 Å². The molecule has 0 aliphatic carbocycles. The molecule has 0 spiro atoms. The fourth-order valence-corrected chi connectivity index (χ4v) is 2.12. The Balaban J connectivity index is 1.87. The van der Waals surface area contributed by atoms with Crippen molar-refractivity contribution < 1.29 is 18.0 Å². The van der Waals surface area contributed by atoms with Gasteiger partial charge in [-0.1, -0.05) is 26.0 Å². The van der Waals surface area contributed by atoms with E-state index >= 15 is 0 Å². The van der Waals surface area contributed by atoms with E-state index < -0.39 is 11.7 Å². The summed E-state index contributed by atoms with van der Waals surface area (Å²) in [7, 11) is 0. The SMILES string of the molecule is CC(C)c1ccc(NCC(=O)Nc2ccc(C(F)(F)F)cc2)cc1. The molecule has 2 aromatic rings. The Morgan fingerprint density at radius 2 is 1.50 bits per heavy atom. The topological polar surface area (TPSA) is 41.1 Å². The number of rotatable bonds is 5. The minimum absolute atomic E-state index is 0.0298. The molecule has 0 heterocycles. The van der Waals surface area contributed by atoms with E-state index in [0.717, 1.165) is 17.8 Å². The molecule has 0 unspecified atom stereocenters. The van der Waals surface area contributed by atoms with Gasteiger partial charge in [-0.15, -0.1) is 0 Å². The number of carbonyl (C=O) groups excluding carboxylic acids is 1. The van der Waals surface area contributed by atoms with Gasteiger partial charge in [-0.25, -0.2) is 0 Å². The summed E-state index contributed by atoms with van der Waals surface area (Å²) in [4.78, 5) is 11.8. The molecule has 0 atom stereocenters. The summed E-state index contributed by atoms with van der Waals surface area (Å²) in [5.74, 6) is 0.102. The van der Waals surface area contributed by atoms with Crippen molar-refractivity contribution in [3.05, 3.63) is 59.7 Å². The summed E-state index contributed by atoms with van der Waals surface area (Å²) >= 11 is 0. The van der Waals surface area contributed by atoms with Crippen LogP contribution in [-0.2, 0) is 11.0 Å². The molecule has 1 amide bonds. The summed E-state index contributed by atoms with van der Waals surface area (Å²) in [5, 5.41) is 5.53. The summed E-state index contributed by atoms with van der Waals surface area (Å²) in [6, 6.07) is 12.1. The lowest BCUT2D eigenvalue weighted by Crippen LogP contribution is -2.21. The average Bonchev–Trinajstić information content (AvgIpc) is 2.53. The van der Waals surface area contributed by atoms with Crippen molar-refractivity contribution in [3.63, 3.8) is 0 Å². The Morgan fingerprint density at radius 3 is 2.00 bits per heavy atom. The third kappa shape index (κ3) is 5.01. The summed E-state index contributed by atoms with van der Waals surface area (Å²) < 4.78 is 37.4. The molecule has 0 saturated heterocycles. The van der Waals surface area contributed by atoms with E-state index in [1.807, 2.05) is 24.3 Å². The number of amides is 1. The lowest BCUT2D eigenvalue weighted by Gasteiger charge is -2.11. The van der Waals surface area contributed by atoms with Gasteiger partial charge in [-0.3, -0.25) is 4.79 Å². The average molecular weight is 336 g/mol. The van der Waals surface area contributed by atoms with Crippen LogP contribution in [0.15, 0.2) is 48.5 Å². The molecule has 2 rings (SSSR count). The largest absolute Gasteiger partial charge is 0.416 e. The molecule has 2 N–H and O–H groups in total. The summed E-state index contributed by atoms with van der Waals surface area (Å²) in [5.41, 5.74) is 1.59. The number of anilines is 2. The zero-order valence-electron chi connectivity index (χ0n) is 13.4. The van der Waals surface area contributed by atoms with E-state index in [4.69, 9.17) is 0 Å². The fourth-order valence-electron chi connectivity index (χ4n) is 2.12. The Bertz CT molecular complexity index is 677. The minimum Gasteiger partial charge on any atom is -0.376 e. The molecule has 6 heteroatoms. The van der Waals surface area contributed by atoms with Crippen molar-refractivity contribution in [2.45, 2.75) is 25.9 Å². The number of halogens is 3. The van der Waals surface area contributed by atoms with Gasteiger partial charge in [0.05, 0.1) is 12.1 Å². The first kappa shape index (κ1) is 17.8. The van der Waals surface area contributed by atoms with Gasteiger partial charge in [0.25, 0.3) is 0 Å². The van der Waals surface area contributed by atoms with Crippen LogP contribution in [0.2, 0.25) is 0 Å². The van der Waals surface area contributed by atoms with Gasteiger partial charge < -0.3 is 10.6 Å². The Morgan fingerprint density at radius 1 is 0.958 bits per heavy atom. The normalized spacial score (nSPS) is 11.4. The van der Waals surface area contributed by atoms with E-state index in [2.05, 4.69) is 24.5 Å². The number of hydrogen-bond acceptors (Lipinski definition) is 2. The lowest BCUT2D eigenvalue weighted by molar-refractivity contribution is -0.137. The third-order valence-corrected chi connectivity index (χ3v) is 3.53. The van der Waals surface area contributed by atoms with E-state index in [-0.39, 0.29) is 12.5 Å². The molecule has 24 heavy (non-hydrogen) atoms. The third-order valence-electron chi connectivity index (χ3n) is 3.53. The smallest absolute Gasteiger partial charge is 0.376 e. The lowest BCUT2D eigenvalue weighted by atomic mass is 10.0. The van der Waals surface area contributed by atoms with Crippen molar-refractivity contribution in [2.24, 2.45) is 0 Å². The highest BCUT2D eigenvalue weighted by Crippen LogP contribution is 2.29. The molecular weight excluding hydrogens is 317 g/mol. The first-order valence-electron chi connectivity index (χ1n) is 7.56. The van der Waals surface area contributed by atoms with Crippen LogP contribution in [0.1, 0.15) is 30.9 Å². The Hall–Kier alpha value is -2.50. The van der Waals surface area contributed by atoms with Gasteiger partial charge in [0, 0.05) is 11.4 Å². The number of nitrogens with one attached hydrogen (secondary N) is 2. The summed E-state index contributed by atoms with van der Waals surface area (Å²) in [6.45, 7) is 4.22. The van der Waals surface area contributed by atoms with Crippen molar-refractivity contribution in [3.8, 4) is 0 Å². The highest BCUT2D eigenvalue weighted by Gasteiger charge is 2.29. The summed E-state index contributed by atoms with van der Waals surface area (Å²) in [6.07, 6.45) is -4.38. The van der Waals surface area contributed by atoms with Gasteiger partial charge >= 0.3 is 6.18 Å². The Kier molecular flexibility index (Phi) is 5.49. The Labute approximate surface area is 138 Å². The highest BCUT2D eigenvalue weighted by atomic mass is 19.4. The maximum absolute atomic E-state index is 12.5. The van der Waals surface area contributed by atoms with Crippen LogP contribution in [0.25, 0.3) is 0 Å². The fraction of sp³-hybridized carbons (Fsp3) is 0.278. The minimum atomic E-state index is -4.38. The first-order valence-corrected chi connectivity index (χ1v) is 7.56. The molecule has 0 aliphatic heterocycles. The molecule has 0 bridgehead atoms. The maximum atomic E-state index is 12.5. The second kappa shape index (κ2) is 7.38. The molecule has 0 aliphatic rings. The van der Waals surface area contributed by atoms with Crippen LogP contribution >= 0.6 is 0 Å².